The summed E-state index contributed by atoms with van der Waals surface area (Å²) in [5.41, 5.74) is 2.86. The molecule has 0 spiro atoms. The Morgan fingerprint density at radius 1 is 1.03 bits per heavy atom. The van der Waals surface area contributed by atoms with Gasteiger partial charge < -0.3 is 5.32 Å². The van der Waals surface area contributed by atoms with Crippen molar-refractivity contribution in [3.8, 4) is 0 Å². The fourth-order valence-corrected chi connectivity index (χ4v) is 5.67. The van der Waals surface area contributed by atoms with Gasteiger partial charge in [0.15, 0.2) is 5.16 Å². The molecule has 1 aliphatic heterocycles. The Morgan fingerprint density at radius 2 is 1.72 bits per heavy atom. The van der Waals surface area contributed by atoms with Crippen LogP contribution < -0.4 is 10.9 Å². The van der Waals surface area contributed by atoms with E-state index in [9.17, 15) is 9.59 Å². The first-order valence-electron chi connectivity index (χ1n) is 12.3. The van der Waals surface area contributed by atoms with E-state index in [4.69, 9.17) is 4.98 Å². The third kappa shape index (κ3) is 5.53. The molecular weight excluding hydrogens is 468 g/mol. The van der Waals surface area contributed by atoms with Gasteiger partial charge in [-0.1, -0.05) is 84.6 Å². The van der Waals surface area contributed by atoms with Gasteiger partial charge in [0.2, 0.25) is 5.91 Å². The monoisotopic (exact) mass is 498 g/mol. The molecule has 7 heteroatoms. The first kappa shape index (κ1) is 24.3. The number of hydrogen-bond donors (Lipinski definition) is 1. The number of nitrogens with zero attached hydrogens (tertiary/aromatic N) is 3. The molecule has 0 aliphatic carbocycles. The summed E-state index contributed by atoms with van der Waals surface area (Å²) >= 11 is 1.32. The van der Waals surface area contributed by atoms with Gasteiger partial charge in [0.25, 0.3) is 5.56 Å². The van der Waals surface area contributed by atoms with E-state index in [-0.39, 0.29) is 29.3 Å². The standard InChI is InChI=1S/C29H30N4O2S/c1-21(23-12-6-3-7-13-23)33-28(35)25-14-8-9-15-26(25)31-29(33)36-20-27(34)30-24-16-17-32(19-24)18-22-10-4-2-5-11-22/h2-15,21,24H,16-20H2,1H3,(H,30,34). The number of nitrogens with one attached hydrogen (secondary N) is 1. The molecule has 6 nitrogen and oxygen atoms in total. The third-order valence-corrected chi connectivity index (χ3v) is 7.62. The highest BCUT2D eigenvalue weighted by Gasteiger charge is 2.24. The Balaban J connectivity index is 1.28. The number of rotatable bonds is 8. The van der Waals surface area contributed by atoms with Crippen LogP contribution in [0.3, 0.4) is 0 Å². The first-order chi connectivity index (χ1) is 17.6. The molecule has 1 saturated heterocycles. The minimum absolute atomic E-state index is 0.0344. The Hall–Kier alpha value is -3.42. The Bertz CT molecular complexity index is 1390. The lowest BCUT2D eigenvalue weighted by Gasteiger charge is -2.20. The van der Waals surface area contributed by atoms with Crippen molar-refractivity contribution in [2.24, 2.45) is 0 Å². The van der Waals surface area contributed by atoms with E-state index in [0.717, 1.165) is 31.6 Å². The molecule has 0 bridgehead atoms. The lowest BCUT2D eigenvalue weighted by atomic mass is 10.1. The molecule has 1 amide bonds. The second-order valence-electron chi connectivity index (χ2n) is 9.24. The summed E-state index contributed by atoms with van der Waals surface area (Å²) in [6.07, 6.45) is 0.938. The van der Waals surface area contributed by atoms with E-state index in [0.29, 0.717) is 16.1 Å². The van der Waals surface area contributed by atoms with Gasteiger partial charge in [-0.05, 0) is 36.6 Å². The molecule has 1 fully saturated rings. The Morgan fingerprint density at radius 3 is 2.50 bits per heavy atom. The molecule has 36 heavy (non-hydrogen) atoms. The lowest BCUT2D eigenvalue weighted by molar-refractivity contribution is -0.119. The van der Waals surface area contributed by atoms with Gasteiger partial charge in [0.1, 0.15) is 0 Å². The molecule has 0 radical (unpaired) electrons. The van der Waals surface area contributed by atoms with Crippen LogP contribution in [0.15, 0.2) is 94.9 Å². The van der Waals surface area contributed by atoms with Crippen LogP contribution in [0, 0.1) is 0 Å². The highest BCUT2D eigenvalue weighted by molar-refractivity contribution is 7.99. The summed E-state index contributed by atoms with van der Waals surface area (Å²) in [4.78, 5) is 33.5. The summed E-state index contributed by atoms with van der Waals surface area (Å²) in [7, 11) is 0. The SMILES string of the molecule is CC(c1ccccc1)n1c(SCC(=O)NC2CCN(Cc3ccccc3)C2)nc2ccccc2c1=O. The van der Waals surface area contributed by atoms with Crippen LogP contribution in [0.25, 0.3) is 10.9 Å². The fourth-order valence-electron chi connectivity index (χ4n) is 4.78. The van der Waals surface area contributed by atoms with Crippen LogP contribution >= 0.6 is 11.8 Å². The molecule has 1 aliphatic rings. The molecule has 1 aromatic heterocycles. The highest BCUT2D eigenvalue weighted by Crippen LogP contribution is 2.25. The number of benzene rings is 3. The van der Waals surface area contributed by atoms with E-state index in [1.807, 2.05) is 61.5 Å². The molecule has 2 unspecified atom stereocenters. The van der Waals surface area contributed by atoms with E-state index >= 15 is 0 Å². The van der Waals surface area contributed by atoms with Crippen LogP contribution in [0.2, 0.25) is 0 Å². The second-order valence-corrected chi connectivity index (χ2v) is 10.2. The summed E-state index contributed by atoms with van der Waals surface area (Å²) in [6, 6.07) is 27.6. The van der Waals surface area contributed by atoms with Crippen molar-refractivity contribution in [3.05, 3.63) is 106 Å². The number of aromatic nitrogens is 2. The number of carbonyl (C=O) groups is 1. The third-order valence-electron chi connectivity index (χ3n) is 6.66. The van der Waals surface area contributed by atoms with Crippen molar-refractivity contribution >= 4 is 28.6 Å². The zero-order valence-corrected chi connectivity index (χ0v) is 21.2. The fraction of sp³-hybridized carbons (Fsp3) is 0.276. The number of fused-ring (bicyclic) bond motifs is 1. The number of amides is 1. The Kier molecular flexibility index (Phi) is 7.49. The Labute approximate surface area is 215 Å². The van der Waals surface area contributed by atoms with Crippen LogP contribution in [-0.4, -0.2) is 45.2 Å². The summed E-state index contributed by atoms with van der Waals surface area (Å²) in [5.74, 6) is 0.175. The maximum Gasteiger partial charge on any atom is 0.262 e. The molecule has 3 aromatic carbocycles. The van der Waals surface area contributed by atoms with Gasteiger partial charge in [0.05, 0.1) is 22.7 Å². The van der Waals surface area contributed by atoms with Crippen molar-refractivity contribution in [1.82, 2.24) is 19.8 Å². The number of likely N-dealkylation sites (tertiary alicyclic amines) is 1. The summed E-state index contributed by atoms with van der Waals surface area (Å²) in [6.45, 7) is 4.70. The number of carbonyl (C=O) groups excluding carboxylic acids is 1. The van der Waals surface area contributed by atoms with E-state index in [2.05, 4.69) is 34.5 Å². The lowest BCUT2D eigenvalue weighted by Crippen LogP contribution is -2.38. The van der Waals surface area contributed by atoms with E-state index < -0.39 is 0 Å². The van der Waals surface area contributed by atoms with Crippen molar-refractivity contribution in [2.45, 2.75) is 37.1 Å². The number of thioether (sulfide) groups is 1. The normalized spacial score (nSPS) is 16.8. The predicted molar refractivity (Wildman–Crippen MR) is 145 cm³/mol. The topological polar surface area (TPSA) is 67.2 Å². The molecule has 1 N–H and O–H groups in total. The van der Waals surface area contributed by atoms with Crippen LogP contribution in [0.1, 0.15) is 30.5 Å². The minimum Gasteiger partial charge on any atom is -0.351 e. The van der Waals surface area contributed by atoms with Gasteiger partial charge in [-0.2, -0.15) is 0 Å². The molecule has 2 atom stereocenters. The van der Waals surface area contributed by atoms with Crippen molar-refractivity contribution in [1.29, 1.82) is 0 Å². The minimum atomic E-state index is -0.206. The molecular formula is C29H30N4O2S. The van der Waals surface area contributed by atoms with Crippen molar-refractivity contribution in [2.75, 3.05) is 18.8 Å². The maximum absolute atomic E-state index is 13.5. The average Bonchev–Trinajstić information content (AvgIpc) is 3.34. The van der Waals surface area contributed by atoms with Crippen LogP contribution in [-0.2, 0) is 11.3 Å². The molecule has 184 valence electrons. The highest BCUT2D eigenvalue weighted by atomic mass is 32.2. The van der Waals surface area contributed by atoms with Gasteiger partial charge in [-0.15, -0.1) is 0 Å². The zero-order valence-electron chi connectivity index (χ0n) is 20.3. The van der Waals surface area contributed by atoms with E-state index in [1.165, 1.54) is 17.3 Å². The summed E-state index contributed by atoms with van der Waals surface area (Å²) in [5, 5.41) is 4.32. The molecule has 4 aromatic rings. The van der Waals surface area contributed by atoms with Gasteiger partial charge in [-0.3, -0.25) is 19.1 Å². The largest absolute Gasteiger partial charge is 0.351 e. The predicted octanol–water partition coefficient (Wildman–Crippen LogP) is 4.49. The molecule has 0 saturated carbocycles. The second kappa shape index (κ2) is 11.1. The number of para-hydroxylation sites is 1. The zero-order chi connectivity index (χ0) is 24.9. The molecule has 2 heterocycles. The first-order valence-corrected chi connectivity index (χ1v) is 13.3. The van der Waals surface area contributed by atoms with Gasteiger partial charge >= 0.3 is 0 Å². The van der Waals surface area contributed by atoms with Gasteiger partial charge in [-0.25, -0.2) is 4.98 Å². The van der Waals surface area contributed by atoms with Crippen LogP contribution in [0.5, 0.6) is 0 Å². The molecule has 5 rings (SSSR count). The smallest absolute Gasteiger partial charge is 0.262 e. The summed E-state index contributed by atoms with van der Waals surface area (Å²) < 4.78 is 1.72. The van der Waals surface area contributed by atoms with E-state index in [1.54, 1.807) is 10.6 Å². The quantitative estimate of drug-likeness (QED) is 0.286. The van der Waals surface area contributed by atoms with Gasteiger partial charge in [0, 0.05) is 25.7 Å². The maximum atomic E-state index is 13.5. The van der Waals surface area contributed by atoms with Crippen LogP contribution in [0.4, 0.5) is 0 Å². The van der Waals surface area contributed by atoms with Crippen molar-refractivity contribution < 1.29 is 4.79 Å². The number of hydrogen-bond acceptors (Lipinski definition) is 5. The average molecular weight is 499 g/mol. The van der Waals surface area contributed by atoms with Crippen molar-refractivity contribution in [3.63, 3.8) is 0 Å².